The Balaban J connectivity index is 1.90. The molecular weight excluding hydrogens is 259 g/mol. The van der Waals surface area contributed by atoms with Gasteiger partial charge >= 0.3 is 6.03 Å². The highest BCUT2D eigenvalue weighted by atomic mass is 19.1. The summed E-state index contributed by atoms with van der Waals surface area (Å²) >= 11 is 0. The fourth-order valence-corrected chi connectivity index (χ4v) is 2.38. The molecule has 1 aliphatic carbocycles. The van der Waals surface area contributed by atoms with Crippen molar-refractivity contribution in [3.05, 3.63) is 35.6 Å². The summed E-state index contributed by atoms with van der Waals surface area (Å²) in [5, 5.41) is 12.1. The molecular formula is C15H21FN2O2. The second-order valence-corrected chi connectivity index (χ2v) is 5.68. The number of aliphatic hydroxyl groups is 1. The molecule has 0 heterocycles. The van der Waals surface area contributed by atoms with Crippen LogP contribution in [0.25, 0.3) is 0 Å². The van der Waals surface area contributed by atoms with E-state index < -0.39 is 6.10 Å². The summed E-state index contributed by atoms with van der Waals surface area (Å²) in [5.74, 6) is -0.245. The molecule has 4 nitrogen and oxygen atoms in total. The zero-order chi connectivity index (χ0) is 14.8. The lowest BCUT2D eigenvalue weighted by molar-refractivity contribution is 0.143. The molecule has 2 N–H and O–H groups in total. The van der Waals surface area contributed by atoms with Crippen LogP contribution in [-0.4, -0.2) is 42.3 Å². The van der Waals surface area contributed by atoms with Crippen molar-refractivity contribution in [3.63, 3.8) is 0 Å². The first-order valence-electron chi connectivity index (χ1n) is 6.86. The number of nitrogens with zero attached hydrogens (tertiary/aromatic N) is 1. The first kappa shape index (κ1) is 14.8. The van der Waals surface area contributed by atoms with Gasteiger partial charge in [-0.2, -0.15) is 0 Å². The van der Waals surface area contributed by atoms with Crippen molar-refractivity contribution in [2.45, 2.75) is 31.3 Å². The van der Waals surface area contributed by atoms with Crippen LogP contribution in [0, 0.1) is 5.82 Å². The van der Waals surface area contributed by atoms with Crippen molar-refractivity contribution >= 4 is 6.03 Å². The van der Waals surface area contributed by atoms with E-state index in [-0.39, 0.29) is 17.3 Å². The van der Waals surface area contributed by atoms with Crippen LogP contribution in [0.15, 0.2) is 24.3 Å². The second-order valence-electron chi connectivity index (χ2n) is 5.68. The number of likely N-dealkylation sites (N-methyl/N-ethyl adjacent to an activating group) is 1. The molecule has 0 radical (unpaired) electrons. The fourth-order valence-electron chi connectivity index (χ4n) is 2.38. The van der Waals surface area contributed by atoms with Crippen LogP contribution in [0.5, 0.6) is 0 Å². The maximum atomic E-state index is 12.9. The molecule has 1 aliphatic rings. The topological polar surface area (TPSA) is 52.6 Å². The molecule has 2 amide bonds. The highest BCUT2D eigenvalue weighted by Crippen LogP contribution is 2.47. The van der Waals surface area contributed by atoms with Crippen molar-refractivity contribution in [1.82, 2.24) is 10.2 Å². The van der Waals surface area contributed by atoms with Crippen molar-refractivity contribution in [2.75, 3.05) is 20.1 Å². The van der Waals surface area contributed by atoms with Crippen LogP contribution >= 0.6 is 0 Å². The second kappa shape index (κ2) is 5.79. The van der Waals surface area contributed by atoms with Crippen molar-refractivity contribution in [1.29, 1.82) is 0 Å². The molecule has 20 heavy (non-hydrogen) atoms. The maximum absolute atomic E-state index is 12.9. The molecule has 110 valence electrons. The van der Waals surface area contributed by atoms with Gasteiger partial charge in [0.25, 0.3) is 0 Å². The lowest BCUT2D eigenvalue weighted by atomic mass is 9.96. The molecule has 1 unspecified atom stereocenters. The Morgan fingerprint density at radius 1 is 1.45 bits per heavy atom. The Morgan fingerprint density at radius 3 is 2.55 bits per heavy atom. The number of nitrogens with one attached hydrogen (secondary N) is 1. The smallest absolute Gasteiger partial charge is 0.317 e. The molecule has 1 aromatic rings. The molecule has 1 fully saturated rings. The molecule has 0 spiro atoms. The van der Waals surface area contributed by atoms with E-state index in [0.717, 1.165) is 18.4 Å². The van der Waals surface area contributed by atoms with E-state index in [4.69, 9.17) is 0 Å². The van der Waals surface area contributed by atoms with Gasteiger partial charge in [-0.05, 0) is 37.5 Å². The number of carbonyl (C=O) groups is 1. The SMILES string of the molecule is CC(O)CN(C)C(=O)NCC1(c2ccc(F)cc2)CC1. The molecule has 1 saturated carbocycles. The van der Waals surface area contributed by atoms with Gasteiger partial charge in [-0.15, -0.1) is 0 Å². The minimum absolute atomic E-state index is 0.0466. The average molecular weight is 280 g/mol. The van der Waals surface area contributed by atoms with E-state index in [0.29, 0.717) is 13.1 Å². The Morgan fingerprint density at radius 2 is 2.05 bits per heavy atom. The standard InChI is InChI=1S/C15H21FN2O2/c1-11(19)9-18(2)14(20)17-10-15(7-8-15)12-3-5-13(16)6-4-12/h3-6,11,19H,7-10H2,1-2H3,(H,17,20). The molecule has 1 atom stereocenters. The number of urea groups is 1. The Bertz CT molecular complexity index is 469. The molecule has 5 heteroatoms. The maximum Gasteiger partial charge on any atom is 0.317 e. The van der Waals surface area contributed by atoms with E-state index >= 15 is 0 Å². The zero-order valence-electron chi connectivity index (χ0n) is 11.9. The normalized spacial score (nSPS) is 17.4. The molecule has 0 aromatic heterocycles. The van der Waals surface area contributed by atoms with Gasteiger partial charge in [0, 0.05) is 25.6 Å². The summed E-state index contributed by atoms with van der Waals surface area (Å²) in [5.41, 5.74) is 1.02. The van der Waals surface area contributed by atoms with Crippen LogP contribution in [-0.2, 0) is 5.41 Å². The third kappa shape index (κ3) is 3.48. The predicted molar refractivity (Wildman–Crippen MR) is 75.0 cm³/mol. The van der Waals surface area contributed by atoms with E-state index in [9.17, 15) is 14.3 Å². The largest absolute Gasteiger partial charge is 0.392 e. The summed E-state index contributed by atoms with van der Waals surface area (Å²) < 4.78 is 12.9. The fraction of sp³-hybridized carbons (Fsp3) is 0.533. The first-order valence-corrected chi connectivity index (χ1v) is 6.86. The van der Waals surface area contributed by atoms with E-state index in [2.05, 4.69) is 5.32 Å². The Labute approximate surface area is 118 Å². The Hall–Kier alpha value is -1.62. The third-order valence-electron chi connectivity index (χ3n) is 3.77. The van der Waals surface area contributed by atoms with Gasteiger partial charge in [0.1, 0.15) is 5.82 Å². The lowest BCUT2D eigenvalue weighted by Gasteiger charge is -2.22. The first-order chi connectivity index (χ1) is 9.43. The van der Waals surface area contributed by atoms with Gasteiger partial charge < -0.3 is 15.3 Å². The summed E-state index contributed by atoms with van der Waals surface area (Å²) in [7, 11) is 1.65. The number of aliphatic hydroxyl groups excluding tert-OH is 1. The van der Waals surface area contributed by atoms with E-state index in [1.165, 1.54) is 17.0 Å². The minimum Gasteiger partial charge on any atom is -0.392 e. The van der Waals surface area contributed by atoms with Crippen LogP contribution < -0.4 is 5.32 Å². The van der Waals surface area contributed by atoms with E-state index in [1.807, 2.05) is 0 Å². The van der Waals surface area contributed by atoms with Gasteiger partial charge in [0.2, 0.25) is 0 Å². The molecule has 1 aromatic carbocycles. The molecule has 0 aliphatic heterocycles. The van der Waals surface area contributed by atoms with Gasteiger partial charge in [-0.3, -0.25) is 0 Å². The van der Waals surface area contributed by atoms with Crippen LogP contribution in [0.1, 0.15) is 25.3 Å². The number of halogens is 1. The molecule has 2 rings (SSSR count). The van der Waals surface area contributed by atoms with Crippen LogP contribution in [0.4, 0.5) is 9.18 Å². The van der Waals surface area contributed by atoms with Gasteiger partial charge in [0.05, 0.1) is 6.10 Å². The molecule has 0 saturated heterocycles. The van der Waals surface area contributed by atoms with Crippen molar-refractivity contribution in [2.24, 2.45) is 0 Å². The van der Waals surface area contributed by atoms with Gasteiger partial charge in [0.15, 0.2) is 0 Å². The van der Waals surface area contributed by atoms with Crippen LogP contribution in [0.2, 0.25) is 0 Å². The summed E-state index contributed by atoms with van der Waals surface area (Å²) in [4.78, 5) is 13.3. The summed E-state index contributed by atoms with van der Waals surface area (Å²) in [6.07, 6.45) is 1.45. The highest BCUT2D eigenvalue weighted by Gasteiger charge is 2.44. The summed E-state index contributed by atoms with van der Waals surface area (Å²) in [6, 6.07) is 6.29. The van der Waals surface area contributed by atoms with Gasteiger partial charge in [-0.25, -0.2) is 9.18 Å². The summed E-state index contributed by atoms with van der Waals surface area (Å²) in [6.45, 7) is 2.49. The average Bonchev–Trinajstić information content (AvgIpc) is 3.17. The minimum atomic E-state index is -0.544. The number of carbonyl (C=O) groups excluding carboxylic acids is 1. The number of hydrogen-bond donors (Lipinski definition) is 2. The lowest BCUT2D eigenvalue weighted by Crippen LogP contribution is -2.43. The monoisotopic (exact) mass is 280 g/mol. The molecule has 0 bridgehead atoms. The van der Waals surface area contributed by atoms with Crippen LogP contribution in [0.3, 0.4) is 0 Å². The number of amides is 2. The third-order valence-corrected chi connectivity index (χ3v) is 3.77. The number of hydrogen-bond acceptors (Lipinski definition) is 2. The highest BCUT2D eigenvalue weighted by molar-refractivity contribution is 5.74. The number of rotatable bonds is 5. The Kier molecular flexibility index (Phi) is 4.28. The van der Waals surface area contributed by atoms with Crippen molar-refractivity contribution in [3.8, 4) is 0 Å². The quantitative estimate of drug-likeness (QED) is 0.865. The predicted octanol–water partition coefficient (Wildman–Crippen LogP) is 1.88. The van der Waals surface area contributed by atoms with Gasteiger partial charge in [-0.1, -0.05) is 12.1 Å². The van der Waals surface area contributed by atoms with E-state index in [1.54, 1.807) is 26.1 Å². The number of benzene rings is 1. The van der Waals surface area contributed by atoms with Crippen molar-refractivity contribution < 1.29 is 14.3 Å². The zero-order valence-corrected chi connectivity index (χ0v) is 11.9.